The lowest BCUT2D eigenvalue weighted by molar-refractivity contribution is -0.132. The van der Waals surface area contributed by atoms with E-state index in [0.717, 1.165) is 17.7 Å². The maximum atomic E-state index is 12.9. The van der Waals surface area contributed by atoms with Gasteiger partial charge in [-0.2, -0.15) is 4.98 Å². The van der Waals surface area contributed by atoms with Gasteiger partial charge in [-0.1, -0.05) is 37.1 Å². The number of benzene rings is 1. The van der Waals surface area contributed by atoms with Crippen molar-refractivity contribution in [3.8, 4) is 6.08 Å². The predicted octanol–water partition coefficient (Wildman–Crippen LogP) is 4.60. The van der Waals surface area contributed by atoms with Crippen molar-refractivity contribution in [2.75, 3.05) is 26.9 Å². The van der Waals surface area contributed by atoms with Crippen LogP contribution >= 0.6 is 11.6 Å². The van der Waals surface area contributed by atoms with Gasteiger partial charge in [0.1, 0.15) is 5.52 Å². The van der Waals surface area contributed by atoms with Crippen LogP contribution in [0, 0.1) is 5.41 Å². The van der Waals surface area contributed by atoms with Gasteiger partial charge in [-0.05, 0) is 37.0 Å². The molecule has 0 N–H and O–H groups in total. The zero-order chi connectivity index (χ0) is 20.3. The molecule has 3 rings (SSSR count). The van der Waals surface area contributed by atoms with E-state index in [1.165, 1.54) is 0 Å². The van der Waals surface area contributed by atoms with Gasteiger partial charge in [-0.25, -0.2) is 0 Å². The molecule has 1 amide bonds. The minimum atomic E-state index is -0.176. The van der Waals surface area contributed by atoms with Gasteiger partial charge in [0, 0.05) is 30.4 Å². The molecule has 0 bridgehead atoms. The number of ether oxygens (including phenoxy) is 2. The highest BCUT2D eigenvalue weighted by Crippen LogP contribution is 2.34. The van der Waals surface area contributed by atoms with E-state index in [-0.39, 0.29) is 24.0 Å². The molecule has 0 atom stereocenters. The zero-order valence-electron chi connectivity index (χ0n) is 16.6. The summed E-state index contributed by atoms with van der Waals surface area (Å²) in [6.07, 6.45) is 5.07. The van der Waals surface area contributed by atoms with Crippen molar-refractivity contribution in [1.82, 2.24) is 9.88 Å². The highest BCUT2D eigenvalue weighted by Gasteiger charge is 2.27. The summed E-state index contributed by atoms with van der Waals surface area (Å²) in [6.45, 7) is 7.07. The van der Waals surface area contributed by atoms with Crippen molar-refractivity contribution >= 4 is 28.6 Å². The lowest BCUT2D eigenvalue weighted by Gasteiger charge is -2.33. The Morgan fingerprint density at radius 3 is 2.89 bits per heavy atom. The predicted molar refractivity (Wildman–Crippen MR) is 108 cm³/mol. The average Bonchev–Trinajstić information content (AvgIpc) is 3.00. The Balaban J connectivity index is 1.73. The lowest BCUT2D eigenvalue weighted by Crippen LogP contribution is -2.38. The number of oxazole rings is 1. The first-order valence-corrected chi connectivity index (χ1v) is 9.53. The Morgan fingerprint density at radius 2 is 2.18 bits per heavy atom. The summed E-state index contributed by atoms with van der Waals surface area (Å²) in [4.78, 5) is 18.9. The van der Waals surface area contributed by atoms with Crippen LogP contribution in [0.3, 0.4) is 0 Å². The van der Waals surface area contributed by atoms with Gasteiger partial charge in [0.15, 0.2) is 12.2 Å². The molecule has 1 aliphatic rings. The summed E-state index contributed by atoms with van der Waals surface area (Å²) in [5.41, 5.74) is 3.22. The molecule has 7 heteroatoms. The summed E-state index contributed by atoms with van der Waals surface area (Å²) in [6, 6.07) is 5.12. The summed E-state index contributed by atoms with van der Waals surface area (Å²) in [7, 11) is 1.62. The quantitative estimate of drug-likeness (QED) is 0.675. The third kappa shape index (κ3) is 4.94. The van der Waals surface area contributed by atoms with E-state index in [2.05, 4.69) is 24.9 Å². The summed E-state index contributed by atoms with van der Waals surface area (Å²) in [5, 5.41) is 0.548. The van der Waals surface area contributed by atoms with Gasteiger partial charge < -0.3 is 18.8 Å². The molecule has 1 aromatic carbocycles. The SMILES string of the molecule is COCCN(C(=O)COc1nc2ccc(Cl)cc2o1)C1=CC(C)=CC(C)(C)C1. The Morgan fingerprint density at radius 1 is 1.39 bits per heavy atom. The highest BCUT2D eigenvalue weighted by atomic mass is 35.5. The summed E-state index contributed by atoms with van der Waals surface area (Å²) in [5.74, 6) is -0.172. The standard InChI is InChI=1S/C21H25ClN2O4/c1-14-9-16(12-21(2,3)11-14)24(7-8-26-4)19(25)13-27-20-23-17-6-5-15(22)10-18(17)28-20/h5-6,9-11H,7-8,12-13H2,1-4H3. The van der Waals surface area contributed by atoms with Gasteiger partial charge in [0.2, 0.25) is 0 Å². The summed E-state index contributed by atoms with van der Waals surface area (Å²) >= 11 is 5.95. The Hall–Kier alpha value is -2.31. The number of aromatic nitrogens is 1. The number of halogens is 1. The Kier molecular flexibility index (Phi) is 6.10. The number of allylic oxidation sites excluding steroid dienone is 4. The van der Waals surface area contributed by atoms with Crippen LogP contribution in [0.5, 0.6) is 6.08 Å². The fourth-order valence-electron chi connectivity index (χ4n) is 3.41. The second-order valence-electron chi connectivity index (χ2n) is 7.61. The van der Waals surface area contributed by atoms with E-state index in [4.69, 9.17) is 25.5 Å². The van der Waals surface area contributed by atoms with Crippen LogP contribution in [0.2, 0.25) is 5.02 Å². The number of hydrogen-bond acceptors (Lipinski definition) is 5. The van der Waals surface area contributed by atoms with E-state index in [1.807, 2.05) is 13.0 Å². The molecular weight excluding hydrogens is 380 g/mol. The van der Waals surface area contributed by atoms with Crippen LogP contribution in [0.25, 0.3) is 11.1 Å². The van der Waals surface area contributed by atoms with Crippen LogP contribution in [-0.4, -0.2) is 42.7 Å². The number of nitrogens with zero attached hydrogens (tertiary/aromatic N) is 2. The summed E-state index contributed by atoms with van der Waals surface area (Å²) < 4.78 is 16.2. The van der Waals surface area contributed by atoms with Crippen molar-refractivity contribution in [1.29, 1.82) is 0 Å². The molecule has 6 nitrogen and oxygen atoms in total. The maximum Gasteiger partial charge on any atom is 0.395 e. The minimum Gasteiger partial charge on any atom is -0.440 e. The van der Waals surface area contributed by atoms with Crippen LogP contribution in [0.15, 0.2) is 46.0 Å². The largest absolute Gasteiger partial charge is 0.440 e. The fraction of sp³-hybridized carbons (Fsp3) is 0.429. The zero-order valence-corrected chi connectivity index (χ0v) is 17.4. The molecule has 1 aliphatic carbocycles. The van der Waals surface area contributed by atoms with E-state index < -0.39 is 0 Å². The van der Waals surface area contributed by atoms with Crippen LogP contribution in [0.1, 0.15) is 27.2 Å². The molecule has 0 aliphatic heterocycles. The van der Waals surface area contributed by atoms with Crippen LogP contribution in [0.4, 0.5) is 0 Å². The smallest absolute Gasteiger partial charge is 0.395 e. The van der Waals surface area contributed by atoms with Crippen LogP contribution < -0.4 is 4.74 Å². The molecular formula is C21H25ClN2O4. The monoisotopic (exact) mass is 404 g/mol. The average molecular weight is 405 g/mol. The first-order valence-electron chi connectivity index (χ1n) is 9.16. The van der Waals surface area contributed by atoms with Crippen molar-refractivity contribution in [3.63, 3.8) is 0 Å². The number of rotatable bonds is 7. The number of carbonyl (C=O) groups is 1. The molecule has 0 saturated carbocycles. The molecule has 1 aromatic heterocycles. The number of amides is 1. The van der Waals surface area contributed by atoms with Gasteiger partial charge in [-0.3, -0.25) is 4.79 Å². The first-order chi connectivity index (χ1) is 13.3. The number of carbonyl (C=O) groups excluding carboxylic acids is 1. The molecule has 0 saturated heterocycles. The van der Waals surface area contributed by atoms with Gasteiger partial charge in [-0.15, -0.1) is 0 Å². The second-order valence-corrected chi connectivity index (χ2v) is 8.04. The Labute approximate surface area is 169 Å². The molecule has 2 aromatic rings. The van der Waals surface area contributed by atoms with Crippen molar-refractivity contribution in [2.24, 2.45) is 5.41 Å². The molecule has 0 fully saturated rings. The molecule has 0 radical (unpaired) electrons. The first kappa shape index (κ1) is 20.4. The minimum absolute atomic E-state index is 0.0137. The van der Waals surface area contributed by atoms with E-state index in [0.29, 0.717) is 29.3 Å². The highest BCUT2D eigenvalue weighted by molar-refractivity contribution is 6.31. The van der Waals surface area contributed by atoms with Crippen molar-refractivity contribution in [3.05, 3.63) is 46.6 Å². The lowest BCUT2D eigenvalue weighted by atomic mass is 9.81. The third-order valence-electron chi connectivity index (χ3n) is 4.47. The van der Waals surface area contributed by atoms with Crippen LogP contribution in [-0.2, 0) is 9.53 Å². The molecule has 150 valence electrons. The van der Waals surface area contributed by atoms with Gasteiger partial charge >= 0.3 is 6.08 Å². The van der Waals surface area contributed by atoms with Crippen molar-refractivity contribution < 1.29 is 18.7 Å². The fourth-order valence-corrected chi connectivity index (χ4v) is 3.58. The number of fused-ring (bicyclic) bond motifs is 1. The molecule has 1 heterocycles. The maximum absolute atomic E-state index is 12.9. The Bertz CT molecular complexity index is 930. The molecule has 0 unspecified atom stereocenters. The normalized spacial score (nSPS) is 15.9. The number of hydrogen-bond donors (Lipinski definition) is 0. The van der Waals surface area contributed by atoms with E-state index in [9.17, 15) is 4.79 Å². The molecule has 28 heavy (non-hydrogen) atoms. The van der Waals surface area contributed by atoms with E-state index >= 15 is 0 Å². The second kappa shape index (κ2) is 8.37. The number of methoxy groups -OCH3 is 1. The molecule has 0 spiro atoms. The third-order valence-corrected chi connectivity index (χ3v) is 4.70. The van der Waals surface area contributed by atoms with Crippen molar-refractivity contribution in [2.45, 2.75) is 27.2 Å². The van der Waals surface area contributed by atoms with E-state index in [1.54, 1.807) is 30.2 Å². The van der Waals surface area contributed by atoms with Gasteiger partial charge in [0.05, 0.1) is 6.61 Å². The van der Waals surface area contributed by atoms with Gasteiger partial charge in [0.25, 0.3) is 5.91 Å². The topological polar surface area (TPSA) is 64.8 Å².